The van der Waals surface area contributed by atoms with Crippen molar-refractivity contribution in [2.24, 2.45) is 16.8 Å². The number of aliphatic imine (C=N–C) groups is 1. The summed E-state index contributed by atoms with van der Waals surface area (Å²) in [5, 5.41) is 6.81. The van der Waals surface area contributed by atoms with Gasteiger partial charge in [-0.05, 0) is 38.3 Å². The molecule has 2 aliphatic rings. The molecule has 0 aromatic carbocycles. The Morgan fingerprint density at radius 1 is 1.30 bits per heavy atom. The lowest BCUT2D eigenvalue weighted by molar-refractivity contribution is 0.0888. The van der Waals surface area contributed by atoms with Crippen LogP contribution in [0.1, 0.15) is 26.2 Å². The van der Waals surface area contributed by atoms with Gasteiger partial charge < -0.3 is 25.0 Å². The minimum absolute atomic E-state index is 0.603. The zero-order valence-electron chi connectivity index (χ0n) is 14.9. The molecule has 2 aliphatic heterocycles. The Morgan fingerprint density at radius 2 is 2.22 bits per heavy atom. The maximum absolute atomic E-state index is 5.71. The number of hydrogen-bond donors (Lipinski definition) is 2. The molecule has 0 saturated carbocycles. The molecule has 23 heavy (non-hydrogen) atoms. The van der Waals surface area contributed by atoms with Crippen molar-refractivity contribution in [3.05, 3.63) is 0 Å². The fraction of sp³-hybridized carbons (Fsp3) is 0.941. The van der Waals surface area contributed by atoms with Crippen LogP contribution in [-0.2, 0) is 9.47 Å². The summed E-state index contributed by atoms with van der Waals surface area (Å²) < 4.78 is 11.1. The van der Waals surface area contributed by atoms with Crippen LogP contribution < -0.4 is 10.6 Å². The highest BCUT2D eigenvalue weighted by atomic mass is 16.5. The van der Waals surface area contributed by atoms with Gasteiger partial charge in [-0.1, -0.05) is 6.92 Å². The molecule has 6 heteroatoms. The molecule has 2 heterocycles. The van der Waals surface area contributed by atoms with Crippen molar-refractivity contribution < 1.29 is 9.47 Å². The number of guanidine groups is 1. The predicted molar refractivity (Wildman–Crippen MR) is 93.9 cm³/mol. The zero-order valence-corrected chi connectivity index (χ0v) is 14.9. The summed E-state index contributed by atoms with van der Waals surface area (Å²) in [6, 6.07) is 0. The third-order valence-electron chi connectivity index (χ3n) is 4.73. The Morgan fingerprint density at radius 3 is 2.91 bits per heavy atom. The zero-order chi connectivity index (χ0) is 16.3. The minimum Gasteiger partial charge on any atom is -0.381 e. The first-order valence-electron chi connectivity index (χ1n) is 9.14. The van der Waals surface area contributed by atoms with Gasteiger partial charge in [-0.25, -0.2) is 0 Å². The number of hydrogen-bond acceptors (Lipinski definition) is 4. The summed E-state index contributed by atoms with van der Waals surface area (Å²) >= 11 is 0. The van der Waals surface area contributed by atoms with Crippen LogP contribution in [0.4, 0.5) is 0 Å². The minimum atomic E-state index is 0.603. The summed E-state index contributed by atoms with van der Waals surface area (Å²) in [4.78, 5) is 6.80. The fourth-order valence-corrected chi connectivity index (χ4v) is 3.17. The van der Waals surface area contributed by atoms with Crippen LogP contribution in [0.15, 0.2) is 4.99 Å². The molecule has 0 aromatic rings. The number of nitrogens with zero attached hydrogens (tertiary/aromatic N) is 2. The second-order valence-electron chi connectivity index (χ2n) is 6.59. The average Bonchev–Trinajstić information content (AvgIpc) is 3.25. The van der Waals surface area contributed by atoms with Gasteiger partial charge in [-0.2, -0.15) is 0 Å². The summed E-state index contributed by atoms with van der Waals surface area (Å²) in [5.41, 5.74) is 0. The van der Waals surface area contributed by atoms with Crippen LogP contribution in [0.5, 0.6) is 0 Å². The molecule has 2 atom stereocenters. The van der Waals surface area contributed by atoms with Crippen LogP contribution >= 0.6 is 0 Å². The first-order valence-corrected chi connectivity index (χ1v) is 9.14. The van der Waals surface area contributed by atoms with Crippen molar-refractivity contribution in [1.29, 1.82) is 0 Å². The van der Waals surface area contributed by atoms with Crippen LogP contribution in [-0.4, -0.2) is 77.1 Å². The molecule has 0 spiro atoms. The Balaban J connectivity index is 1.46. The number of rotatable bonds is 9. The van der Waals surface area contributed by atoms with Crippen molar-refractivity contribution in [2.45, 2.75) is 26.2 Å². The standard InChI is InChI=1S/C17H34N4O2/c1-3-21-8-5-15(12-21)11-20-17(18-2)19-7-4-9-22-13-16-6-10-23-14-16/h15-16H,3-14H2,1-2H3,(H2,18,19,20). The maximum atomic E-state index is 5.71. The first kappa shape index (κ1) is 18.5. The summed E-state index contributed by atoms with van der Waals surface area (Å²) in [6.45, 7) is 11.1. The van der Waals surface area contributed by atoms with E-state index in [1.807, 2.05) is 7.05 Å². The summed E-state index contributed by atoms with van der Waals surface area (Å²) in [7, 11) is 1.83. The number of likely N-dealkylation sites (tertiary alicyclic amines) is 1. The number of nitrogens with one attached hydrogen (secondary N) is 2. The molecule has 6 nitrogen and oxygen atoms in total. The average molecular weight is 326 g/mol. The largest absolute Gasteiger partial charge is 0.381 e. The van der Waals surface area contributed by atoms with Crippen molar-refractivity contribution in [1.82, 2.24) is 15.5 Å². The van der Waals surface area contributed by atoms with E-state index in [1.54, 1.807) is 0 Å². The van der Waals surface area contributed by atoms with E-state index in [0.29, 0.717) is 5.92 Å². The van der Waals surface area contributed by atoms with Gasteiger partial charge >= 0.3 is 0 Å². The first-order chi connectivity index (χ1) is 11.3. The molecule has 134 valence electrons. The highest BCUT2D eigenvalue weighted by molar-refractivity contribution is 5.79. The molecule has 0 radical (unpaired) electrons. The van der Waals surface area contributed by atoms with Gasteiger partial charge in [-0.3, -0.25) is 4.99 Å². The van der Waals surface area contributed by atoms with Gasteiger partial charge in [-0.15, -0.1) is 0 Å². The Labute approximate surface area is 141 Å². The molecular formula is C17H34N4O2. The molecular weight excluding hydrogens is 292 g/mol. The molecule has 2 unspecified atom stereocenters. The van der Waals surface area contributed by atoms with E-state index < -0.39 is 0 Å². The van der Waals surface area contributed by atoms with E-state index >= 15 is 0 Å². The van der Waals surface area contributed by atoms with E-state index in [2.05, 4.69) is 27.4 Å². The third-order valence-corrected chi connectivity index (χ3v) is 4.73. The second-order valence-corrected chi connectivity index (χ2v) is 6.59. The lowest BCUT2D eigenvalue weighted by Gasteiger charge is -2.16. The lowest BCUT2D eigenvalue weighted by atomic mass is 10.1. The third kappa shape index (κ3) is 7.06. The van der Waals surface area contributed by atoms with E-state index in [4.69, 9.17) is 9.47 Å². The SMILES string of the molecule is CCN1CCC(CNC(=NC)NCCCOCC2CCOC2)C1. The smallest absolute Gasteiger partial charge is 0.190 e. The quantitative estimate of drug-likeness (QED) is 0.375. The molecule has 2 rings (SSSR count). The van der Waals surface area contributed by atoms with Gasteiger partial charge in [0.1, 0.15) is 0 Å². The Hall–Kier alpha value is -0.850. The van der Waals surface area contributed by atoms with E-state index in [-0.39, 0.29) is 0 Å². The van der Waals surface area contributed by atoms with E-state index in [9.17, 15) is 0 Å². The lowest BCUT2D eigenvalue weighted by Crippen LogP contribution is -2.40. The van der Waals surface area contributed by atoms with Gasteiger partial charge in [0, 0.05) is 45.8 Å². The maximum Gasteiger partial charge on any atom is 0.190 e. The van der Waals surface area contributed by atoms with Crippen LogP contribution in [0.2, 0.25) is 0 Å². The molecule has 2 saturated heterocycles. The Bertz CT molecular complexity index is 345. The van der Waals surface area contributed by atoms with Crippen molar-refractivity contribution in [3.63, 3.8) is 0 Å². The van der Waals surface area contributed by atoms with Gasteiger partial charge in [0.25, 0.3) is 0 Å². The number of ether oxygens (including phenoxy) is 2. The second kappa shape index (κ2) is 10.8. The Kier molecular flexibility index (Phi) is 8.71. The monoisotopic (exact) mass is 326 g/mol. The van der Waals surface area contributed by atoms with Gasteiger partial charge in [0.05, 0.1) is 13.2 Å². The molecule has 0 aromatic heterocycles. The molecule has 0 aliphatic carbocycles. The van der Waals surface area contributed by atoms with Crippen molar-refractivity contribution in [3.8, 4) is 0 Å². The van der Waals surface area contributed by atoms with E-state index in [0.717, 1.165) is 70.8 Å². The van der Waals surface area contributed by atoms with Crippen LogP contribution in [0, 0.1) is 11.8 Å². The van der Waals surface area contributed by atoms with Crippen molar-refractivity contribution >= 4 is 5.96 Å². The fourth-order valence-electron chi connectivity index (χ4n) is 3.17. The molecule has 0 amide bonds. The normalized spacial score (nSPS) is 25.9. The predicted octanol–water partition coefficient (Wildman–Crippen LogP) is 0.936. The van der Waals surface area contributed by atoms with Gasteiger partial charge in [0.2, 0.25) is 0 Å². The molecule has 0 bridgehead atoms. The summed E-state index contributed by atoms with van der Waals surface area (Å²) in [5.74, 6) is 2.25. The van der Waals surface area contributed by atoms with Crippen LogP contribution in [0.25, 0.3) is 0 Å². The highest BCUT2D eigenvalue weighted by Gasteiger charge is 2.20. The van der Waals surface area contributed by atoms with Gasteiger partial charge in [0.15, 0.2) is 5.96 Å². The highest BCUT2D eigenvalue weighted by Crippen LogP contribution is 2.14. The molecule has 2 N–H and O–H groups in total. The van der Waals surface area contributed by atoms with Crippen molar-refractivity contribution in [2.75, 3.05) is 66.2 Å². The topological polar surface area (TPSA) is 58.1 Å². The summed E-state index contributed by atoms with van der Waals surface area (Å²) in [6.07, 6.45) is 3.43. The van der Waals surface area contributed by atoms with Crippen LogP contribution in [0.3, 0.4) is 0 Å². The molecule has 2 fully saturated rings. The van der Waals surface area contributed by atoms with E-state index in [1.165, 1.54) is 19.5 Å².